The van der Waals surface area contributed by atoms with Gasteiger partial charge in [0.25, 0.3) is 5.91 Å². The molecule has 0 radical (unpaired) electrons. The van der Waals surface area contributed by atoms with Crippen LogP contribution in [0.1, 0.15) is 16.2 Å². The lowest BCUT2D eigenvalue weighted by atomic mass is 10.0. The van der Waals surface area contributed by atoms with E-state index in [9.17, 15) is 4.79 Å². The van der Waals surface area contributed by atoms with Crippen LogP contribution in [-0.4, -0.2) is 23.2 Å². The lowest BCUT2D eigenvalue weighted by molar-refractivity contribution is 0.0946. The minimum atomic E-state index is -0.203. The fraction of sp³-hybridized carbons (Fsp3) is 0.0870. The normalized spacial score (nSPS) is 10.5. The van der Waals surface area contributed by atoms with Gasteiger partial charge in [0.2, 0.25) is 11.7 Å². The van der Waals surface area contributed by atoms with Crippen molar-refractivity contribution in [2.75, 3.05) is 7.11 Å². The Labute approximate surface area is 168 Å². The summed E-state index contributed by atoms with van der Waals surface area (Å²) in [5.74, 6) is 1.28. The van der Waals surface area contributed by atoms with E-state index in [1.54, 1.807) is 19.2 Å². The fourth-order valence-electron chi connectivity index (χ4n) is 2.91. The number of hydrogen-bond acceptors (Lipinski definition) is 5. The van der Waals surface area contributed by atoms with Crippen LogP contribution in [0.25, 0.3) is 22.5 Å². The van der Waals surface area contributed by atoms with Crippen molar-refractivity contribution in [2.45, 2.75) is 6.54 Å². The first-order valence-corrected chi connectivity index (χ1v) is 9.13. The molecule has 6 heteroatoms. The molecule has 0 aliphatic rings. The van der Waals surface area contributed by atoms with Crippen LogP contribution in [0.2, 0.25) is 0 Å². The van der Waals surface area contributed by atoms with E-state index in [0.29, 0.717) is 23.0 Å². The quantitative estimate of drug-likeness (QED) is 0.534. The summed E-state index contributed by atoms with van der Waals surface area (Å²) in [5, 5.41) is 6.77. The largest absolute Gasteiger partial charge is 0.497 e. The molecule has 0 atom stereocenters. The summed E-state index contributed by atoms with van der Waals surface area (Å²) in [6.07, 6.45) is 0. The molecule has 4 rings (SSSR count). The van der Waals surface area contributed by atoms with Crippen molar-refractivity contribution in [3.63, 3.8) is 0 Å². The molecule has 0 bridgehead atoms. The zero-order chi connectivity index (χ0) is 20.1. The first kappa shape index (κ1) is 18.4. The zero-order valence-electron chi connectivity index (χ0n) is 15.8. The van der Waals surface area contributed by atoms with Crippen LogP contribution in [0.3, 0.4) is 0 Å². The highest BCUT2D eigenvalue weighted by Gasteiger charge is 2.12. The van der Waals surface area contributed by atoms with Gasteiger partial charge in [0.15, 0.2) is 0 Å². The third kappa shape index (κ3) is 4.32. The molecule has 1 aromatic heterocycles. The van der Waals surface area contributed by atoms with Crippen LogP contribution in [0.15, 0.2) is 83.4 Å². The number of hydrogen-bond donors (Lipinski definition) is 1. The predicted molar refractivity (Wildman–Crippen MR) is 109 cm³/mol. The fourth-order valence-corrected chi connectivity index (χ4v) is 2.91. The Morgan fingerprint density at radius 1 is 0.931 bits per heavy atom. The molecule has 6 nitrogen and oxygen atoms in total. The Morgan fingerprint density at radius 2 is 1.66 bits per heavy atom. The molecule has 4 aromatic rings. The van der Waals surface area contributed by atoms with Gasteiger partial charge in [0, 0.05) is 11.1 Å². The molecule has 0 aliphatic carbocycles. The second-order valence-corrected chi connectivity index (χ2v) is 6.37. The summed E-state index contributed by atoms with van der Waals surface area (Å²) in [7, 11) is 1.60. The highest BCUT2D eigenvalue weighted by Crippen LogP contribution is 2.21. The molecular formula is C23H19N3O3. The van der Waals surface area contributed by atoms with Gasteiger partial charge in [-0.25, -0.2) is 0 Å². The number of carbonyl (C=O) groups is 1. The molecule has 0 fully saturated rings. The first-order valence-electron chi connectivity index (χ1n) is 9.13. The van der Waals surface area contributed by atoms with Crippen molar-refractivity contribution < 1.29 is 14.1 Å². The van der Waals surface area contributed by atoms with E-state index in [4.69, 9.17) is 9.26 Å². The topological polar surface area (TPSA) is 77.3 Å². The van der Waals surface area contributed by atoms with Crippen LogP contribution in [-0.2, 0) is 6.54 Å². The number of nitrogens with one attached hydrogen (secondary N) is 1. The Kier molecular flexibility index (Phi) is 5.33. The van der Waals surface area contributed by atoms with Gasteiger partial charge in [-0.2, -0.15) is 4.98 Å². The molecule has 0 saturated carbocycles. The standard InChI is InChI=1S/C23H19N3O3/c1-28-20-9-5-8-19(14-20)22-25-21(29-26-22)15-24-23(27)18-12-10-17(11-13-18)16-6-3-2-4-7-16/h2-14H,15H2,1H3,(H,24,27). The lowest BCUT2D eigenvalue weighted by Gasteiger charge is -2.05. The molecule has 1 amide bonds. The van der Waals surface area contributed by atoms with E-state index in [1.807, 2.05) is 66.7 Å². The van der Waals surface area contributed by atoms with E-state index in [-0.39, 0.29) is 12.5 Å². The monoisotopic (exact) mass is 385 g/mol. The van der Waals surface area contributed by atoms with Crippen molar-refractivity contribution in [2.24, 2.45) is 0 Å². The zero-order valence-corrected chi connectivity index (χ0v) is 15.8. The molecule has 0 unspecified atom stereocenters. The smallest absolute Gasteiger partial charge is 0.251 e. The molecule has 0 spiro atoms. The van der Waals surface area contributed by atoms with Crippen LogP contribution >= 0.6 is 0 Å². The minimum Gasteiger partial charge on any atom is -0.497 e. The highest BCUT2D eigenvalue weighted by atomic mass is 16.5. The van der Waals surface area contributed by atoms with E-state index in [1.165, 1.54) is 0 Å². The summed E-state index contributed by atoms with van der Waals surface area (Å²) >= 11 is 0. The third-order valence-corrected chi connectivity index (χ3v) is 4.45. The predicted octanol–water partition coefficient (Wildman–Crippen LogP) is 4.34. The van der Waals surface area contributed by atoms with Gasteiger partial charge in [-0.1, -0.05) is 59.8 Å². The first-order chi connectivity index (χ1) is 14.2. The molecular weight excluding hydrogens is 366 g/mol. The van der Waals surface area contributed by atoms with Gasteiger partial charge in [0.1, 0.15) is 5.75 Å². The van der Waals surface area contributed by atoms with Crippen LogP contribution < -0.4 is 10.1 Å². The molecule has 1 heterocycles. The SMILES string of the molecule is COc1cccc(-c2noc(CNC(=O)c3ccc(-c4ccccc4)cc3)n2)c1. The summed E-state index contributed by atoms with van der Waals surface area (Å²) in [6.45, 7) is 0.149. The number of aromatic nitrogens is 2. The highest BCUT2D eigenvalue weighted by molar-refractivity contribution is 5.94. The Bertz CT molecular complexity index is 1110. The maximum Gasteiger partial charge on any atom is 0.251 e. The van der Waals surface area contributed by atoms with Crippen molar-refractivity contribution in [1.82, 2.24) is 15.5 Å². The lowest BCUT2D eigenvalue weighted by Crippen LogP contribution is -2.22. The van der Waals surface area contributed by atoms with Crippen LogP contribution in [0, 0.1) is 0 Å². The number of amides is 1. The van der Waals surface area contributed by atoms with Gasteiger partial charge in [-0.15, -0.1) is 0 Å². The van der Waals surface area contributed by atoms with E-state index in [2.05, 4.69) is 15.5 Å². The van der Waals surface area contributed by atoms with E-state index >= 15 is 0 Å². The van der Waals surface area contributed by atoms with Crippen molar-refractivity contribution in [3.05, 3.63) is 90.3 Å². The molecule has 1 N–H and O–H groups in total. The number of carbonyl (C=O) groups excluding carboxylic acids is 1. The van der Waals surface area contributed by atoms with Gasteiger partial charge < -0.3 is 14.6 Å². The summed E-state index contributed by atoms with van der Waals surface area (Å²) in [6, 6.07) is 24.8. The van der Waals surface area contributed by atoms with Crippen molar-refractivity contribution in [3.8, 4) is 28.3 Å². The second-order valence-electron chi connectivity index (χ2n) is 6.37. The number of ether oxygens (including phenoxy) is 1. The number of benzene rings is 3. The molecule has 0 aliphatic heterocycles. The van der Waals surface area contributed by atoms with Gasteiger partial charge in [0.05, 0.1) is 13.7 Å². The number of methoxy groups -OCH3 is 1. The summed E-state index contributed by atoms with van der Waals surface area (Å²) in [4.78, 5) is 16.7. The minimum absolute atomic E-state index is 0.149. The second kappa shape index (κ2) is 8.39. The van der Waals surface area contributed by atoms with Crippen molar-refractivity contribution >= 4 is 5.91 Å². The Morgan fingerprint density at radius 3 is 2.41 bits per heavy atom. The summed E-state index contributed by atoms with van der Waals surface area (Å²) < 4.78 is 10.4. The van der Waals surface area contributed by atoms with Gasteiger partial charge in [-0.05, 0) is 35.4 Å². The number of rotatable bonds is 6. The average Bonchev–Trinajstić information content (AvgIpc) is 3.27. The number of nitrogens with zero attached hydrogens (tertiary/aromatic N) is 2. The van der Waals surface area contributed by atoms with E-state index < -0.39 is 0 Å². The molecule has 144 valence electrons. The summed E-state index contributed by atoms with van der Waals surface area (Å²) in [5.41, 5.74) is 3.51. The van der Waals surface area contributed by atoms with Gasteiger partial charge in [-0.3, -0.25) is 4.79 Å². The van der Waals surface area contributed by atoms with E-state index in [0.717, 1.165) is 16.7 Å². The molecule has 3 aromatic carbocycles. The van der Waals surface area contributed by atoms with Gasteiger partial charge >= 0.3 is 0 Å². The Balaban J connectivity index is 1.39. The molecule has 29 heavy (non-hydrogen) atoms. The molecule has 0 saturated heterocycles. The van der Waals surface area contributed by atoms with Crippen LogP contribution in [0.4, 0.5) is 0 Å². The maximum atomic E-state index is 12.4. The Hall–Kier alpha value is -3.93. The average molecular weight is 385 g/mol. The maximum absolute atomic E-state index is 12.4. The van der Waals surface area contributed by atoms with Crippen molar-refractivity contribution in [1.29, 1.82) is 0 Å². The van der Waals surface area contributed by atoms with Crippen LogP contribution in [0.5, 0.6) is 5.75 Å². The third-order valence-electron chi connectivity index (χ3n) is 4.45.